The third kappa shape index (κ3) is 4.03. The van der Waals surface area contributed by atoms with Crippen LogP contribution in [0, 0.1) is 0 Å². The Kier molecular flexibility index (Phi) is 5.54. The zero-order valence-corrected chi connectivity index (χ0v) is 12.6. The Balaban J connectivity index is 1.84. The summed E-state index contributed by atoms with van der Waals surface area (Å²) in [7, 11) is 4.27. The van der Waals surface area contributed by atoms with Gasteiger partial charge in [-0.05, 0) is 44.6 Å². The van der Waals surface area contributed by atoms with Crippen molar-refractivity contribution in [3.05, 3.63) is 35.4 Å². The molecule has 1 aromatic carbocycles. The van der Waals surface area contributed by atoms with E-state index < -0.39 is 6.10 Å². The van der Waals surface area contributed by atoms with Crippen LogP contribution in [-0.2, 0) is 6.54 Å². The van der Waals surface area contributed by atoms with Gasteiger partial charge in [0.25, 0.3) is 0 Å². The monoisotopic (exact) mass is 277 g/mol. The molecular weight excluding hydrogens is 250 g/mol. The highest BCUT2D eigenvalue weighted by Gasteiger charge is 2.22. The zero-order chi connectivity index (χ0) is 14.5. The van der Waals surface area contributed by atoms with Gasteiger partial charge in [-0.25, -0.2) is 0 Å². The molecule has 1 aliphatic heterocycles. The molecule has 0 aliphatic carbocycles. The molecule has 1 fully saturated rings. The second kappa shape index (κ2) is 7.18. The maximum atomic E-state index is 10.3. The van der Waals surface area contributed by atoms with E-state index in [2.05, 4.69) is 23.9 Å². The van der Waals surface area contributed by atoms with Crippen molar-refractivity contribution in [3.8, 4) is 0 Å². The van der Waals surface area contributed by atoms with Crippen molar-refractivity contribution in [2.24, 2.45) is 5.73 Å². The molecule has 2 rings (SSSR count). The largest absolute Gasteiger partial charge is 0.387 e. The molecule has 1 heterocycles. The molecule has 1 saturated heterocycles. The number of likely N-dealkylation sites (N-methyl/N-ethyl adjacent to an activating group) is 2. The molecule has 0 saturated carbocycles. The van der Waals surface area contributed by atoms with Gasteiger partial charge in [0.1, 0.15) is 0 Å². The zero-order valence-electron chi connectivity index (χ0n) is 12.6. The first kappa shape index (κ1) is 15.4. The van der Waals surface area contributed by atoms with Crippen LogP contribution in [0.4, 0.5) is 0 Å². The van der Waals surface area contributed by atoms with Gasteiger partial charge in [-0.1, -0.05) is 24.3 Å². The lowest BCUT2D eigenvalue weighted by Crippen LogP contribution is -2.38. The minimum Gasteiger partial charge on any atom is -0.387 e. The van der Waals surface area contributed by atoms with Crippen molar-refractivity contribution < 1.29 is 5.11 Å². The van der Waals surface area contributed by atoms with Crippen molar-refractivity contribution in [1.82, 2.24) is 9.80 Å². The number of likely N-dealkylation sites (tertiary alicyclic amines) is 1. The lowest BCUT2D eigenvalue weighted by molar-refractivity contribution is 0.113. The van der Waals surface area contributed by atoms with Gasteiger partial charge in [0.15, 0.2) is 0 Å². The summed E-state index contributed by atoms with van der Waals surface area (Å²) in [4.78, 5) is 4.65. The summed E-state index contributed by atoms with van der Waals surface area (Å²) in [5.74, 6) is 0. The summed E-state index contributed by atoms with van der Waals surface area (Å²) in [6.45, 7) is 3.44. The van der Waals surface area contributed by atoms with Crippen LogP contribution in [-0.4, -0.2) is 54.7 Å². The first-order chi connectivity index (χ1) is 9.60. The van der Waals surface area contributed by atoms with Gasteiger partial charge in [-0.15, -0.1) is 0 Å². The van der Waals surface area contributed by atoms with E-state index in [4.69, 9.17) is 5.73 Å². The second-order valence-corrected chi connectivity index (χ2v) is 5.96. The third-order valence-corrected chi connectivity index (χ3v) is 4.28. The molecule has 4 nitrogen and oxygen atoms in total. The topological polar surface area (TPSA) is 52.7 Å². The van der Waals surface area contributed by atoms with Crippen LogP contribution in [0.15, 0.2) is 24.3 Å². The van der Waals surface area contributed by atoms with Crippen LogP contribution in [0.1, 0.15) is 30.1 Å². The molecule has 2 unspecified atom stereocenters. The molecule has 4 heteroatoms. The van der Waals surface area contributed by atoms with E-state index in [1.54, 1.807) is 0 Å². The molecule has 112 valence electrons. The highest BCUT2D eigenvalue weighted by molar-refractivity contribution is 5.24. The Labute approximate surface area is 122 Å². The molecule has 20 heavy (non-hydrogen) atoms. The summed E-state index contributed by atoms with van der Waals surface area (Å²) in [6.07, 6.45) is 2.12. The fourth-order valence-electron chi connectivity index (χ4n) is 2.92. The maximum Gasteiger partial charge on any atom is 0.0916 e. The molecule has 0 aromatic heterocycles. The van der Waals surface area contributed by atoms with Crippen LogP contribution >= 0.6 is 0 Å². The smallest absolute Gasteiger partial charge is 0.0916 e. The van der Waals surface area contributed by atoms with E-state index in [1.807, 2.05) is 24.3 Å². The molecule has 2 atom stereocenters. The molecule has 0 amide bonds. The van der Waals surface area contributed by atoms with E-state index in [1.165, 1.54) is 19.4 Å². The van der Waals surface area contributed by atoms with Gasteiger partial charge in [0.05, 0.1) is 6.10 Å². The fourth-order valence-corrected chi connectivity index (χ4v) is 2.92. The minimum absolute atomic E-state index is 0.432. The minimum atomic E-state index is -0.432. The van der Waals surface area contributed by atoms with Gasteiger partial charge < -0.3 is 20.6 Å². The Morgan fingerprint density at radius 3 is 2.65 bits per heavy atom. The SMILES string of the molecule is CN(CC(O)c1ccc(CN)cc1)CC1CCCN1C. The molecule has 0 spiro atoms. The Bertz CT molecular complexity index is 407. The number of rotatable bonds is 6. The van der Waals surface area contributed by atoms with Crippen LogP contribution in [0.2, 0.25) is 0 Å². The summed E-state index contributed by atoms with van der Waals surface area (Å²) >= 11 is 0. The molecule has 3 N–H and O–H groups in total. The Morgan fingerprint density at radius 2 is 2.10 bits per heavy atom. The molecule has 0 bridgehead atoms. The van der Waals surface area contributed by atoms with E-state index >= 15 is 0 Å². The average molecular weight is 277 g/mol. The molecule has 1 aromatic rings. The van der Waals surface area contributed by atoms with E-state index in [-0.39, 0.29) is 0 Å². The van der Waals surface area contributed by atoms with Crippen LogP contribution in [0.3, 0.4) is 0 Å². The van der Waals surface area contributed by atoms with Crippen molar-refractivity contribution in [2.75, 3.05) is 33.7 Å². The predicted octanol–water partition coefficient (Wildman–Crippen LogP) is 1.20. The normalized spacial score (nSPS) is 21.6. The summed E-state index contributed by atoms with van der Waals surface area (Å²) in [6, 6.07) is 8.56. The second-order valence-electron chi connectivity index (χ2n) is 5.96. The first-order valence-electron chi connectivity index (χ1n) is 7.46. The lowest BCUT2D eigenvalue weighted by atomic mass is 10.1. The predicted molar refractivity (Wildman–Crippen MR) is 82.4 cm³/mol. The van der Waals surface area contributed by atoms with Crippen LogP contribution in [0.5, 0.6) is 0 Å². The number of benzene rings is 1. The maximum absolute atomic E-state index is 10.3. The van der Waals surface area contributed by atoms with Gasteiger partial charge >= 0.3 is 0 Å². The number of hydrogen-bond donors (Lipinski definition) is 2. The van der Waals surface area contributed by atoms with E-state index in [0.717, 1.165) is 17.7 Å². The third-order valence-electron chi connectivity index (χ3n) is 4.28. The summed E-state index contributed by atoms with van der Waals surface area (Å²) in [5, 5.41) is 10.3. The van der Waals surface area contributed by atoms with Gasteiger partial charge in [0.2, 0.25) is 0 Å². The fraction of sp³-hybridized carbons (Fsp3) is 0.625. The quantitative estimate of drug-likeness (QED) is 0.820. The Morgan fingerprint density at radius 1 is 1.40 bits per heavy atom. The van der Waals surface area contributed by atoms with Crippen molar-refractivity contribution in [1.29, 1.82) is 0 Å². The van der Waals surface area contributed by atoms with Gasteiger partial charge in [-0.2, -0.15) is 0 Å². The molecule has 1 aliphatic rings. The molecule has 0 radical (unpaired) electrons. The van der Waals surface area contributed by atoms with Crippen molar-refractivity contribution >= 4 is 0 Å². The van der Waals surface area contributed by atoms with Gasteiger partial charge in [0, 0.05) is 25.7 Å². The number of hydrogen-bond acceptors (Lipinski definition) is 4. The summed E-state index contributed by atoms with van der Waals surface area (Å²) in [5.41, 5.74) is 7.65. The average Bonchev–Trinajstić information content (AvgIpc) is 2.84. The number of aliphatic hydroxyl groups excluding tert-OH is 1. The van der Waals surface area contributed by atoms with Crippen molar-refractivity contribution in [3.63, 3.8) is 0 Å². The molecular formula is C16H27N3O. The van der Waals surface area contributed by atoms with Crippen molar-refractivity contribution in [2.45, 2.75) is 31.5 Å². The van der Waals surface area contributed by atoms with Crippen LogP contribution in [0.25, 0.3) is 0 Å². The Hall–Kier alpha value is -0.940. The van der Waals surface area contributed by atoms with E-state index in [0.29, 0.717) is 19.1 Å². The summed E-state index contributed by atoms with van der Waals surface area (Å²) < 4.78 is 0. The lowest BCUT2D eigenvalue weighted by Gasteiger charge is -2.27. The van der Waals surface area contributed by atoms with Gasteiger partial charge in [-0.3, -0.25) is 0 Å². The van der Waals surface area contributed by atoms with Crippen LogP contribution < -0.4 is 5.73 Å². The number of nitrogens with zero attached hydrogens (tertiary/aromatic N) is 2. The first-order valence-corrected chi connectivity index (χ1v) is 7.46. The number of aliphatic hydroxyl groups is 1. The highest BCUT2D eigenvalue weighted by Crippen LogP contribution is 2.18. The highest BCUT2D eigenvalue weighted by atomic mass is 16.3. The standard InChI is InChI=1S/C16H27N3O/c1-18(11-15-4-3-9-19(15)2)12-16(20)14-7-5-13(10-17)6-8-14/h5-8,15-16,20H,3-4,9-12,17H2,1-2H3. The number of nitrogens with two attached hydrogens (primary N) is 1. The van der Waals surface area contributed by atoms with E-state index in [9.17, 15) is 5.11 Å².